The number of nitrogens with one attached hydrogen (secondary N) is 1. The third kappa shape index (κ3) is 2.67. The summed E-state index contributed by atoms with van der Waals surface area (Å²) >= 11 is 6.32. The lowest BCUT2D eigenvalue weighted by Gasteiger charge is -2.17. The maximum Gasteiger partial charge on any atom is 0.317 e. The van der Waals surface area contributed by atoms with E-state index in [2.05, 4.69) is 22.6 Å². The highest BCUT2D eigenvalue weighted by atomic mass is 35.5. The zero-order valence-corrected chi connectivity index (χ0v) is 14.5. The summed E-state index contributed by atoms with van der Waals surface area (Å²) in [6.07, 6.45) is 6.67. The van der Waals surface area contributed by atoms with Gasteiger partial charge in [-0.1, -0.05) is 29.8 Å². The third-order valence-electron chi connectivity index (χ3n) is 5.21. The minimum absolute atomic E-state index is 0.00439. The van der Waals surface area contributed by atoms with Gasteiger partial charge in [-0.05, 0) is 36.8 Å². The van der Waals surface area contributed by atoms with E-state index >= 15 is 0 Å². The molecule has 5 nitrogen and oxygen atoms in total. The molecule has 24 heavy (non-hydrogen) atoms. The first-order chi connectivity index (χ1) is 11.6. The predicted molar refractivity (Wildman–Crippen MR) is 94.9 cm³/mol. The molecule has 2 aliphatic rings. The van der Waals surface area contributed by atoms with Gasteiger partial charge < -0.3 is 10.2 Å². The van der Waals surface area contributed by atoms with Crippen LogP contribution in [0.1, 0.15) is 18.5 Å². The standard InChI is InChI=1S/C18H21ClN4O/c1-22-16-8-4-7-14(19)17(16)15(21-22)9-20-18(24)23-10-12-5-2-3-6-13(12)11-23/h2-4,7-8,12-13H,5-6,9-11H2,1H3,(H,20,24)/t12-,13+. The Balaban J connectivity index is 1.45. The number of amides is 2. The Morgan fingerprint density at radius 3 is 2.71 bits per heavy atom. The minimum Gasteiger partial charge on any atom is -0.332 e. The number of urea groups is 1. The molecular formula is C18H21ClN4O. The first-order valence-electron chi connectivity index (χ1n) is 8.41. The number of nitrogens with zero attached hydrogens (tertiary/aromatic N) is 3. The molecule has 1 saturated heterocycles. The number of rotatable bonds is 2. The summed E-state index contributed by atoms with van der Waals surface area (Å²) in [5.74, 6) is 1.23. The van der Waals surface area contributed by atoms with E-state index in [1.807, 2.05) is 30.1 Å². The molecular weight excluding hydrogens is 324 g/mol. The van der Waals surface area contributed by atoms with Gasteiger partial charge in [-0.25, -0.2) is 4.79 Å². The van der Waals surface area contributed by atoms with Crippen molar-refractivity contribution in [1.29, 1.82) is 0 Å². The fraction of sp³-hybridized carbons (Fsp3) is 0.444. The van der Waals surface area contributed by atoms with Crippen molar-refractivity contribution in [2.24, 2.45) is 18.9 Å². The van der Waals surface area contributed by atoms with Gasteiger partial charge in [-0.2, -0.15) is 5.10 Å². The van der Waals surface area contributed by atoms with Crippen LogP contribution < -0.4 is 5.32 Å². The molecule has 2 aromatic rings. The summed E-state index contributed by atoms with van der Waals surface area (Å²) in [4.78, 5) is 14.5. The van der Waals surface area contributed by atoms with Crippen molar-refractivity contribution in [3.8, 4) is 0 Å². The van der Waals surface area contributed by atoms with Crippen LogP contribution in [0.3, 0.4) is 0 Å². The number of carbonyl (C=O) groups is 1. The van der Waals surface area contributed by atoms with Crippen molar-refractivity contribution in [2.45, 2.75) is 19.4 Å². The highest BCUT2D eigenvalue weighted by Crippen LogP contribution is 2.32. The molecule has 4 rings (SSSR count). The van der Waals surface area contributed by atoms with Gasteiger partial charge in [0, 0.05) is 25.5 Å². The predicted octanol–water partition coefficient (Wildman–Crippen LogP) is 3.33. The van der Waals surface area contributed by atoms with Crippen LogP contribution in [0.5, 0.6) is 0 Å². The molecule has 2 atom stereocenters. The van der Waals surface area contributed by atoms with Crippen LogP contribution in [0, 0.1) is 11.8 Å². The van der Waals surface area contributed by atoms with Crippen molar-refractivity contribution in [3.05, 3.63) is 41.1 Å². The van der Waals surface area contributed by atoms with E-state index < -0.39 is 0 Å². The fourth-order valence-electron chi connectivity index (χ4n) is 3.93. The third-order valence-corrected chi connectivity index (χ3v) is 5.53. The second kappa shape index (κ2) is 6.13. The van der Waals surface area contributed by atoms with Gasteiger partial charge in [-0.15, -0.1) is 0 Å². The molecule has 1 aliphatic heterocycles. The molecule has 0 radical (unpaired) electrons. The summed E-state index contributed by atoms with van der Waals surface area (Å²) in [5.41, 5.74) is 1.79. The smallest absolute Gasteiger partial charge is 0.317 e. The van der Waals surface area contributed by atoms with E-state index in [9.17, 15) is 4.79 Å². The maximum absolute atomic E-state index is 12.5. The van der Waals surface area contributed by atoms with Crippen molar-refractivity contribution >= 4 is 28.5 Å². The normalized spacial score (nSPS) is 22.8. The average Bonchev–Trinajstić information content (AvgIpc) is 3.15. The highest BCUT2D eigenvalue weighted by Gasteiger charge is 2.35. The lowest BCUT2D eigenvalue weighted by Crippen LogP contribution is -2.38. The molecule has 1 aromatic heterocycles. The number of halogens is 1. The van der Waals surface area contributed by atoms with Gasteiger partial charge in [-0.3, -0.25) is 4.68 Å². The number of hydrogen-bond acceptors (Lipinski definition) is 2. The second-order valence-corrected chi connectivity index (χ2v) is 7.14. The molecule has 2 amide bonds. The zero-order chi connectivity index (χ0) is 16.7. The Bertz CT molecular complexity index is 797. The van der Waals surface area contributed by atoms with Gasteiger partial charge in [0.05, 0.1) is 22.8 Å². The number of benzene rings is 1. The Kier molecular flexibility index (Phi) is 3.96. The Hall–Kier alpha value is -2.01. The minimum atomic E-state index is -0.00439. The summed E-state index contributed by atoms with van der Waals surface area (Å²) in [6.45, 7) is 2.10. The Labute approximate surface area is 146 Å². The van der Waals surface area contributed by atoms with E-state index in [0.29, 0.717) is 23.4 Å². The number of carbonyl (C=O) groups excluding carboxylic acids is 1. The summed E-state index contributed by atoms with van der Waals surface area (Å²) in [7, 11) is 1.89. The van der Waals surface area contributed by atoms with Crippen LogP contribution in [0.25, 0.3) is 10.9 Å². The van der Waals surface area contributed by atoms with Gasteiger partial charge >= 0.3 is 6.03 Å². The number of hydrogen-bond donors (Lipinski definition) is 1. The van der Waals surface area contributed by atoms with E-state index in [1.54, 1.807) is 4.68 Å². The molecule has 1 fully saturated rings. The molecule has 126 valence electrons. The van der Waals surface area contributed by atoms with Crippen LogP contribution in [-0.2, 0) is 13.6 Å². The van der Waals surface area contributed by atoms with Gasteiger partial charge in [0.2, 0.25) is 0 Å². The molecule has 0 saturated carbocycles. The van der Waals surface area contributed by atoms with Crippen LogP contribution in [0.15, 0.2) is 30.4 Å². The number of aryl methyl sites for hydroxylation is 1. The largest absolute Gasteiger partial charge is 0.332 e. The first kappa shape index (κ1) is 15.5. The maximum atomic E-state index is 12.5. The van der Waals surface area contributed by atoms with Crippen LogP contribution >= 0.6 is 11.6 Å². The van der Waals surface area contributed by atoms with Gasteiger partial charge in [0.15, 0.2) is 0 Å². The van der Waals surface area contributed by atoms with Crippen LogP contribution in [-0.4, -0.2) is 33.8 Å². The molecule has 1 aliphatic carbocycles. The lowest BCUT2D eigenvalue weighted by atomic mass is 9.86. The zero-order valence-electron chi connectivity index (χ0n) is 13.7. The molecule has 6 heteroatoms. The van der Waals surface area contributed by atoms with E-state index in [1.165, 1.54) is 0 Å². The van der Waals surface area contributed by atoms with Gasteiger partial charge in [0.25, 0.3) is 0 Å². The Morgan fingerprint density at radius 2 is 2.00 bits per heavy atom. The number of allylic oxidation sites excluding steroid dienone is 2. The van der Waals surface area contributed by atoms with Crippen LogP contribution in [0.2, 0.25) is 5.02 Å². The molecule has 1 aromatic carbocycles. The van der Waals surface area contributed by atoms with E-state index in [4.69, 9.17) is 11.6 Å². The SMILES string of the molecule is Cn1nc(CNC(=O)N2C[C@H]3CC=CC[C@H]3C2)c2c(Cl)cccc21. The lowest BCUT2D eigenvalue weighted by molar-refractivity contribution is 0.206. The number of fused-ring (bicyclic) bond motifs is 2. The molecule has 0 spiro atoms. The quantitative estimate of drug-likeness (QED) is 0.849. The van der Waals surface area contributed by atoms with Crippen molar-refractivity contribution in [2.75, 3.05) is 13.1 Å². The summed E-state index contributed by atoms with van der Waals surface area (Å²) < 4.78 is 1.80. The summed E-state index contributed by atoms with van der Waals surface area (Å²) in [6, 6.07) is 5.75. The van der Waals surface area contributed by atoms with E-state index in [0.717, 1.165) is 42.5 Å². The molecule has 0 unspecified atom stereocenters. The monoisotopic (exact) mass is 344 g/mol. The molecule has 1 N–H and O–H groups in total. The van der Waals surface area contributed by atoms with Gasteiger partial charge in [0.1, 0.15) is 0 Å². The first-order valence-corrected chi connectivity index (χ1v) is 8.79. The number of aromatic nitrogens is 2. The number of likely N-dealkylation sites (tertiary alicyclic amines) is 1. The van der Waals surface area contributed by atoms with Crippen molar-refractivity contribution in [3.63, 3.8) is 0 Å². The van der Waals surface area contributed by atoms with Crippen molar-refractivity contribution < 1.29 is 4.79 Å². The summed E-state index contributed by atoms with van der Waals surface area (Å²) in [5, 5.41) is 9.11. The molecule has 0 bridgehead atoms. The fourth-order valence-corrected chi connectivity index (χ4v) is 4.21. The molecule has 2 heterocycles. The van der Waals surface area contributed by atoms with E-state index in [-0.39, 0.29) is 6.03 Å². The van der Waals surface area contributed by atoms with Crippen LogP contribution in [0.4, 0.5) is 4.79 Å². The topological polar surface area (TPSA) is 50.2 Å². The highest BCUT2D eigenvalue weighted by molar-refractivity contribution is 6.35. The second-order valence-electron chi connectivity index (χ2n) is 6.73. The Morgan fingerprint density at radius 1 is 1.29 bits per heavy atom. The average molecular weight is 345 g/mol. The van der Waals surface area contributed by atoms with Crippen molar-refractivity contribution in [1.82, 2.24) is 20.0 Å².